The molecule has 0 bridgehead atoms. The third-order valence-corrected chi connectivity index (χ3v) is 12.0. The number of H-pyrrole nitrogens is 1. The van der Waals surface area contributed by atoms with Crippen LogP contribution < -0.4 is 16.4 Å². The van der Waals surface area contributed by atoms with Crippen molar-refractivity contribution in [1.82, 2.24) is 25.4 Å². The van der Waals surface area contributed by atoms with E-state index in [1.54, 1.807) is 17.0 Å². The first-order valence-corrected chi connectivity index (χ1v) is 21.1. The van der Waals surface area contributed by atoms with E-state index in [4.69, 9.17) is 5.73 Å². The summed E-state index contributed by atoms with van der Waals surface area (Å²) in [6.45, 7) is 6.18. The Morgan fingerprint density at radius 3 is 2.46 bits per heavy atom. The molecule has 5 atom stereocenters. The lowest BCUT2D eigenvalue weighted by Crippen LogP contribution is -2.57. The molecule has 15 heteroatoms. The zero-order valence-corrected chi connectivity index (χ0v) is 32.7. The summed E-state index contributed by atoms with van der Waals surface area (Å²) in [5, 5.41) is 8.24. The second-order valence-corrected chi connectivity index (χ2v) is 17.5. The highest BCUT2D eigenvalue weighted by Crippen LogP contribution is 2.40. The van der Waals surface area contributed by atoms with Crippen LogP contribution in [0.5, 0.6) is 0 Å². The zero-order valence-electron chi connectivity index (χ0n) is 31.8. The number of fused-ring (bicyclic) bond motifs is 3. The molecule has 0 aliphatic carbocycles. The van der Waals surface area contributed by atoms with Crippen LogP contribution in [0.2, 0.25) is 0 Å². The number of benzene rings is 3. The van der Waals surface area contributed by atoms with Crippen LogP contribution in [0.1, 0.15) is 78.8 Å². The molecule has 3 heterocycles. The Bertz CT molecular complexity index is 2220. The Morgan fingerprint density at radius 2 is 1.73 bits per heavy atom. The number of nitrogens with zero attached hydrogens (tertiary/aromatic N) is 2. The van der Waals surface area contributed by atoms with Gasteiger partial charge >= 0.3 is 0 Å². The molecule has 2 saturated heterocycles. The van der Waals surface area contributed by atoms with Gasteiger partial charge in [-0.25, -0.2) is 0 Å². The standard InChI is InChI=1S/C41H49N6O8P/c1-24(2)46-18-17-30-12-15-35(39(51)45-33(14-16-37(42)49)38(50)43-22-27-9-6-8-25-7-4-5-10-31(25)27)47(30)40(52)29(23-46)21-36(48)34-20-28-19-26(11-13-32(28)44-34)41(53)56(3,54)55/h4-11,13,19-20,24,29-30,33,35,44H,12,14-18,21-23H2,1-3H3,(H2,42,49)(H,43,50)(H,45,51)(H,54,55)/t29-,30+,33-,35-/m0/s1. The van der Waals surface area contributed by atoms with Crippen molar-refractivity contribution in [3.63, 3.8) is 0 Å². The van der Waals surface area contributed by atoms with E-state index in [0.29, 0.717) is 43.3 Å². The Kier molecular flexibility index (Phi) is 12.2. The molecule has 4 aromatic rings. The van der Waals surface area contributed by atoms with Gasteiger partial charge in [-0.15, -0.1) is 0 Å². The summed E-state index contributed by atoms with van der Waals surface area (Å²) in [5.41, 5.74) is 6.26. The van der Waals surface area contributed by atoms with Crippen molar-refractivity contribution in [3.8, 4) is 0 Å². The van der Waals surface area contributed by atoms with Gasteiger partial charge in [0.05, 0.1) is 11.6 Å². The predicted molar refractivity (Wildman–Crippen MR) is 212 cm³/mol. The lowest BCUT2D eigenvalue weighted by molar-refractivity contribution is -0.146. The summed E-state index contributed by atoms with van der Waals surface area (Å²) < 4.78 is 12.0. The molecule has 2 aliphatic rings. The number of Topliss-reactive ketones (excluding diaryl/α,β-unsaturated/α-hetero) is 1. The molecular formula is C41H49N6O8P. The van der Waals surface area contributed by atoms with E-state index in [2.05, 4.69) is 20.5 Å². The molecule has 0 spiro atoms. The van der Waals surface area contributed by atoms with Crippen LogP contribution in [-0.2, 0) is 30.3 Å². The summed E-state index contributed by atoms with van der Waals surface area (Å²) in [5.74, 6) is -3.07. The minimum Gasteiger partial charge on any atom is -0.370 e. The minimum atomic E-state index is -4.02. The number of amides is 4. The Hall–Kier alpha value is -5.17. The van der Waals surface area contributed by atoms with E-state index in [1.807, 2.05) is 56.3 Å². The number of carbonyl (C=O) groups is 6. The SMILES string of the molecule is CC(C)N1CC[C@H]2CC[C@@H](C(=O)N[C@@H](CCC(N)=O)C(=O)NCc3cccc4ccccc34)N2C(=O)[C@@H](CC(=O)c2cc3cc(C(=O)P(C)(=O)O)ccc3[nH]2)C1. The molecule has 2 fully saturated rings. The first-order chi connectivity index (χ1) is 26.6. The van der Waals surface area contributed by atoms with E-state index in [0.717, 1.165) is 23.0 Å². The van der Waals surface area contributed by atoms with Gasteiger partial charge in [0, 0.05) is 67.7 Å². The zero-order chi connectivity index (χ0) is 40.3. The van der Waals surface area contributed by atoms with E-state index >= 15 is 0 Å². The maximum Gasteiger partial charge on any atom is 0.266 e. The van der Waals surface area contributed by atoms with Crippen LogP contribution >= 0.6 is 7.37 Å². The van der Waals surface area contributed by atoms with Crippen molar-refractivity contribution >= 4 is 64.0 Å². The number of aromatic amines is 1. The molecule has 2 aliphatic heterocycles. The van der Waals surface area contributed by atoms with Gasteiger partial charge in [-0.1, -0.05) is 42.5 Å². The number of hydrogen-bond donors (Lipinski definition) is 5. The number of aromatic nitrogens is 1. The maximum atomic E-state index is 14.5. The molecule has 4 amide bonds. The fourth-order valence-corrected chi connectivity index (χ4v) is 8.54. The number of nitrogens with two attached hydrogens (primary N) is 1. The number of ketones is 1. The van der Waals surface area contributed by atoms with E-state index in [1.165, 1.54) is 12.1 Å². The summed E-state index contributed by atoms with van der Waals surface area (Å²) in [6, 6.07) is 17.5. The molecule has 14 nitrogen and oxygen atoms in total. The van der Waals surface area contributed by atoms with Crippen molar-refractivity contribution in [3.05, 3.63) is 83.6 Å². The molecular weight excluding hydrogens is 735 g/mol. The van der Waals surface area contributed by atoms with Gasteiger partial charge in [0.2, 0.25) is 29.2 Å². The largest absolute Gasteiger partial charge is 0.370 e. The number of primary amides is 1. The van der Waals surface area contributed by atoms with Crippen molar-refractivity contribution in [2.45, 2.75) is 83.1 Å². The minimum absolute atomic E-state index is 0.0229. The number of nitrogens with one attached hydrogen (secondary N) is 3. The van der Waals surface area contributed by atoms with Crippen LogP contribution in [0.4, 0.5) is 0 Å². The third kappa shape index (κ3) is 9.09. The first-order valence-electron chi connectivity index (χ1n) is 19.0. The average Bonchev–Trinajstić information content (AvgIpc) is 3.79. The van der Waals surface area contributed by atoms with Crippen molar-refractivity contribution in [2.75, 3.05) is 19.8 Å². The predicted octanol–water partition coefficient (Wildman–Crippen LogP) is 4.09. The van der Waals surface area contributed by atoms with Crippen molar-refractivity contribution < 1.29 is 38.2 Å². The van der Waals surface area contributed by atoms with Crippen LogP contribution in [0.25, 0.3) is 21.7 Å². The van der Waals surface area contributed by atoms with Gasteiger partial charge in [0.15, 0.2) is 5.78 Å². The summed E-state index contributed by atoms with van der Waals surface area (Å²) in [4.78, 5) is 96.9. The monoisotopic (exact) mass is 784 g/mol. The Balaban J connectivity index is 1.19. The first kappa shape index (κ1) is 40.5. The van der Waals surface area contributed by atoms with Crippen LogP contribution in [0.3, 0.4) is 0 Å². The number of rotatable bonds is 14. The second-order valence-electron chi connectivity index (χ2n) is 15.3. The molecule has 6 N–H and O–H groups in total. The van der Waals surface area contributed by atoms with Gasteiger partial charge < -0.3 is 36.0 Å². The highest BCUT2D eigenvalue weighted by molar-refractivity contribution is 7.75. The van der Waals surface area contributed by atoms with Crippen LogP contribution in [0.15, 0.2) is 66.7 Å². The second kappa shape index (κ2) is 16.9. The Labute approximate surface area is 325 Å². The molecule has 0 radical (unpaired) electrons. The average molecular weight is 785 g/mol. The van der Waals surface area contributed by atoms with Gasteiger partial charge in [-0.05, 0) is 80.1 Å². The lowest BCUT2D eigenvalue weighted by Gasteiger charge is -2.40. The molecule has 6 rings (SSSR count). The fourth-order valence-electron chi connectivity index (χ4n) is 7.92. The lowest BCUT2D eigenvalue weighted by atomic mass is 9.95. The summed E-state index contributed by atoms with van der Waals surface area (Å²) >= 11 is 0. The van der Waals surface area contributed by atoms with E-state index < -0.39 is 48.6 Å². The fraction of sp³-hybridized carbons (Fsp3) is 0.415. The molecule has 0 saturated carbocycles. The Morgan fingerprint density at radius 1 is 0.982 bits per heavy atom. The van der Waals surface area contributed by atoms with Crippen molar-refractivity contribution in [2.24, 2.45) is 11.7 Å². The number of hydrogen-bond acceptors (Lipinski definition) is 8. The third-order valence-electron chi connectivity index (χ3n) is 11.0. The van der Waals surface area contributed by atoms with Crippen LogP contribution in [0, 0.1) is 5.92 Å². The quantitative estimate of drug-likeness (QED) is 0.0919. The molecule has 1 aromatic heterocycles. The smallest absolute Gasteiger partial charge is 0.266 e. The van der Waals surface area contributed by atoms with Gasteiger partial charge in [0.25, 0.3) is 7.37 Å². The molecule has 1 unspecified atom stereocenters. The summed E-state index contributed by atoms with van der Waals surface area (Å²) in [7, 11) is -4.02. The van der Waals surface area contributed by atoms with E-state index in [-0.39, 0.29) is 60.8 Å². The number of carbonyl (C=O) groups excluding carboxylic acids is 6. The molecule has 56 heavy (non-hydrogen) atoms. The van der Waals surface area contributed by atoms with Gasteiger partial charge in [-0.3, -0.25) is 33.3 Å². The van der Waals surface area contributed by atoms with Gasteiger partial charge in [-0.2, -0.15) is 0 Å². The summed E-state index contributed by atoms with van der Waals surface area (Å²) in [6.07, 6.45) is 1.25. The van der Waals surface area contributed by atoms with E-state index in [9.17, 15) is 38.2 Å². The maximum absolute atomic E-state index is 14.5. The van der Waals surface area contributed by atoms with Gasteiger partial charge in [0.1, 0.15) is 12.1 Å². The normalized spacial score (nSPS) is 20.6. The molecule has 3 aromatic carbocycles. The highest BCUT2D eigenvalue weighted by Gasteiger charge is 2.45. The van der Waals surface area contributed by atoms with Crippen molar-refractivity contribution in [1.29, 1.82) is 0 Å². The van der Waals surface area contributed by atoms with Crippen LogP contribution in [-0.4, -0.2) is 98.5 Å². The highest BCUT2D eigenvalue weighted by atomic mass is 31.2. The molecule has 296 valence electrons. The topological polar surface area (TPSA) is 212 Å².